The topological polar surface area (TPSA) is 35.5 Å². The second-order valence-corrected chi connectivity index (χ2v) is 8.16. The molecule has 0 aliphatic carbocycles. The average molecular weight is 319 g/mol. The standard InChI is InChI=1S/C20H34N2O/c1-20(2,3)15-19(16-23)21-18-10-13-22(14-11-18)12-9-17-7-5-4-6-8-17/h4-8,18-19,21,23H,9-16H2,1-3H3. The molecular weight excluding hydrogens is 284 g/mol. The molecule has 1 heterocycles. The fourth-order valence-electron chi connectivity index (χ4n) is 3.50. The molecule has 3 heteroatoms. The van der Waals surface area contributed by atoms with Crippen LogP contribution in [0.1, 0.15) is 45.6 Å². The number of likely N-dealkylation sites (tertiary alicyclic amines) is 1. The molecule has 1 saturated heterocycles. The van der Waals surface area contributed by atoms with E-state index in [-0.39, 0.29) is 18.1 Å². The number of nitrogens with one attached hydrogen (secondary N) is 1. The molecule has 1 aliphatic heterocycles. The number of rotatable bonds is 7. The average Bonchev–Trinajstić information content (AvgIpc) is 2.53. The van der Waals surface area contributed by atoms with Crippen molar-refractivity contribution in [1.29, 1.82) is 0 Å². The molecule has 0 amide bonds. The van der Waals surface area contributed by atoms with Crippen LogP contribution in [0.4, 0.5) is 0 Å². The van der Waals surface area contributed by atoms with Crippen molar-refractivity contribution < 1.29 is 5.11 Å². The summed E-state index contributed by atoms with van der Waals surface area (Å²) < 4.78 is 0. The zero-order chi connectivity index (χ0) is 16.7. The van der Waals surface area contributed by atoms with Crippen LogP contribution >= 0.6 is 0 Å². The summed E-state index contributed by atoms with van der Waals surface area (Å²) in [4.78, 5) is 2.57. The highest BCUT2D eigenvalue weighted by atomic mass is 16.3. The molecule has 2 N–H and O–H groups in total. The molecule has 3 nitrogen and oxygen atoms in total. The van der Waals surface area contributed by atoms with Gasteiger partial charge in [0.1, 0.15) is 0 Å². The van der Waals surface area contributed by atoms with Gasteiger partial charge in [-0.05, 0) is 49.8 Å². The van der Waals surface area contributed by atoms with Crippen LogP contribution < -0.4 is 5.32 Å². The Labute approximate surface area is 142 Å². The number of piperidine rings is 1. The van der Waals surface area contributed by atoms with Crippen LogP contribution in [-0.4, -0.2) is 48.3 Å². The highest BCUT2D eigenvalue weighted by molar-refractivity contribution is 5.14. The Bertz CT molecular complexity index is 433. The van der Waals surface area contributed by atoms with Crippen LogP contribution in [0.25, 0.3) is 0 Å². The van der Waals surface area contributed by atoms with Crippen LogP contribution in [0, 0.1) is 5.41 Å². The van der Waals surface area contributed by atoms with Crippen LogP contribution in [0.5, 0.6) is 0 Å². The molecule has 2 rings (SSSR count). The molecule has 1 fully saturated rings. The second kappa shape index (κ2) is 8.81. The van der Waals surface area contributed by atoms with Gasteiger partial charge in [0.15, 0.2) is 0 Å². The molecule has 130 valence electrons. The SMILES string of the molecule is CC(C)(C)CC(CO)NC1CCN(CCc2ccccc2)CC1. The van der Waals surface area contributed by atoms with E-state index in [2.05, 4.69) is 61.3 Å². The Morgan fingerprint density at radius 2 is 1.83 bits per heavy atom. The smallest absolute Gasteiger partial charge is 0.0584 e. The highest BCUT2D eigenvalue weighted by Crippen LogP contribution is 2.22. The molecule has 0 saturated carbocycles. The third-order valence-corrected chi connectivity index (χ3v) is 4.70. The lowest BCUT2D eigenvalue weighted by molar-refractivity contribution is 0.153. The van der Waals surface area contributed by atoms with E-state index in [1.54, 1.807) is 0 Å². The van der Waals surface area contributed by atoms with Crippen molar-refractivity contribution in [3.05, 3.63) is 35.9 Å². The molecule has 1 aromatic rings. The predicted octanol–water partition coefficient (Wildman–Crippen LogP) is 3.08. The van der Waals surface area contributed by atoms with Gasteiger partial charge in [0.2, 0.25) is 0 Å². The third kappa shape index (κ3) is 7.03. The Hall–Kier alpha value is -0.900. The van der Waals surface area contributed by atoms with Crippen LogP contribution in [0.15, 0.2) is 30.3 Å². The Kier molecular flexibility index (Phi) is 7.07. The number of aliphatic hydroxyl groups is 1. The lowest BCUT2D eigenvalue weighted by Crippen LogP contribution is -2.48. The van der Waals surface area contributed by atoms with Gasteiger partial charge >= 0.3 is 0 Å². The second-order valence-electron chi connectivity index (χ2n) is 8.16. The van der Waals surface area contributed by atoms with E-state index < -0.39 is 0 Å². The van der Waals surface area contributed by atoms with Gasteiger partial charge in [-0.25, -0.2) is 0 Å². The van der Waals surface area contributed by atoms with E-state index in [1.165, 1.54) is 18.4 Å². The molecule has 23 heavy (non-hydrogen) atoms. The van der Waals surface area contributed by atoms with Gasteiger partial charge in [0.05, 0.1) is 6.61 Å². The maximum atomic E-state index is 9.61. The molecule has 1 aromatic carbocycles. The maximum Gasteiger partial charge on any atom is 0.0584 e. The first-order chi connectivity index (χ1) is 11.0. The zero-order valence-electron chi connectivity index (χ0n) is 15.1. The maximum absolute atomic E-state index is 9.61. The lowest BCUT2D eigenvalue weighted by Gasteiger charge is -2.35. The fourth-order valence-corrected chi connectivity index (χ4v) is 3.50. The van der Waals surface area contributed by atoms with E-state index in [0.29, 0.717) is 6.04 Å². The van der Waals surface area contributed by atoms with E-state index in [1.807, 2.05) is 0 Å². The monoisotopic (exact) mass is 318 g/mol. The summed E-state index contributed by atoms with van der Waals surface area (Å²) in [7, 11) is 0. The first-order valence-corrected chi connectivity index (χ1v) is 9.09. The molecule has 1 atom stereocenters. The van der Waals surface area contributed by atoms with E-state index >= 15 is 0 Å². The summed E-state index contributed by atoms with van der Waals surface area (Å²) in [5, 5.41) is 13.3. The summed E-state index contributed by atoms with van der Waals surface area (Å²) >= 11 is 0. The van der Waals surface area contributed by atoms with E-state index in [4.69, 9.17) is 0 Å². The van der Waals surface area contributed by atoms with Crippen molar-refractivity contribution >= 4 is 0 Å². The number of aliphatic hydroxyl groups excluding tert-OH is 1. The Morgan fingerprint density at radius 3 is 2.39 bits per heavy atom. The summed E-state index contributed by atoms with van der Waals surface area (Å²) in [5.74, 6) is 0. The largest absolute Gasteiger partial charge is 0.395 e. The highest BCUT2D eigenvalue weighted by Gasteiger charge is 2.24. The Morgan fingerprint density at radius 1 is 1.17 bits per heavy atom. The summed E-state index contributed by atoms with van der Waals surface area (Å²) in [6.07, 6.45) is 4.55. The van der Waals surface area contributed by atoms with Gasteiger partial charge in [-0.1, -0.05) is 51.1 Å². The molecule has 0 aromatic heterocycles. The van der Waals surface area contributed by atoms with Crippen LogP contribution in [0.2, 0.25) is 0 Å². The van der Waals surface area contributed by atoms with Gasteiger partial charge in [-0.3, -0.25) is 0 Å². The number of nitrogens with zero attached hydrogens (tertiary/aromatic N) is 1. The van der Waals surface area contributed by atoms with Crippen LogP contribution in [-0.2, 0) is 6.42 Å². The molecule has 1 unspecified atom stereocenters. The molecule has 1 aliphatic rings. The summed E-state index contributed by atoms with van der Waals surface area (Å²) in [6.45, 7) is 10.4. The number of hydrogen-bond donors (Lipinski definition) is 2. The van der Waals surface area contributed by atoms with Gasteiger partial charge < -0.3 is 15.3 Å². The fraction of sp³-hybridized carbons (Fsp3) is 0.700. The number of benzene rings is 1. The first-order valence-electron chi connectivity index (χ1n) is 9.09. The minimum absolute atomic E-state index is 0.232. The van der Waals surface area contributed by atoms with Crippen molar-refractivity contribution in [3.63, 3.8) is 0 Å². The third-order valence-electron chi connectivity index (χ3n) is 4.70. The predicted molar refractivity (Wildman–Crippen MR) is 97.7 cm³/mol. The van der Waals surface area contributed by atoms with Gasteiger partial charge in [0, 0.05) is 18.6 Å². The van der Waals surface area contributed by atoms with Gasteiger partial charge in [0.25, 0.3) is 0 Å². The van der Waals surface area contributed by atoms with E-state index in [9.17, 15) is 5.11 Å². The van der Waals surface area contributed by atoms with Crippen molar-refractivity contribution in [1.82, 2.24) is 10.2 Å². The van der Waals surface area contributed by atoms with Gasteiger partial charge in [-0.2, -0.15) is 0 Å². The summed E-state index contributed by atoms with van der Waals surface area (Å²) in [5.41, 5.74) is 1.69. The quantitative estimate of drug-likeness (QED) is 0.811. The summed E-state index contributed by atoms with van der Waals surface area (Å²) in [6, 6.07) is 11.5. The minimum atomic E-state index is 0.232. The van der Waals surface area contributed by atoms with Crippen molar-refractivity contribution in [2.75, 3.05) is 26.2 Å². The van der Waals surface area contributed by atoms with Crippen LogP contribution in [0.3, 0.4) is 0 Å². The lowest BCUT2D eigenvalue weighted by atomic mass is 9.87. The zero-order valence-corrected chi connectivity index (χ0v) is 15.1. The molecule has 0 spiro atoms. The molecular formula is C20H34N2O. The minimum Gasteiger partial charge on any atom is -0.395 e. The molecule has 0 bridgehead atoms. The first kappa shape index (κ1) is 18.4. The van der Waals surface area contributed by atoms with Crippen molar-refractivity contribution in [2.24, 2.45) is 5.41 Å². The van der Waals surface area contributed by atoms with Crippen molar-refractivity contribution in [3.8, 4) is 0 Å². The van der Waals surface area contributed by atoms with Crippen molar-refractivity contribution in [2.45, 2.75) is 58.5 Å². The Balaban J connectivity index is 1.69. The van der Waals surface area contributed by atoms with E-state index in [0.717, 1.165) is 32.5 Å². The van der Waals surface area contributed by atoms with Gasteiger partial charge in [-0.15, -0.1) is 0 Å². The number of hydrogen-bond acceptors (Lipinski definition) is 3. The normalized spacial score (nSPS) is 19.0. The molecule has 0 radical (unpaired) electrons.